The fraction of sp³-hybridized carbons (Fsp3) is 0.500. The zero-order valence-corrected chi connectivity index (χ0v) is 12.5. The average Bonchev–Trinajstić information content (AvgIpc) is 2.99. The second-order valence-corrected chi connectivity index (χ2v) is 6.89. The highest BCUT2D eigenvalue weighted by atomic mass is 32.2. The van der Waals surface area contributed by atoms with Gasteiger partial charge in [0, 0.05) is 13.0 Å². The van der Waals surface area contributed by atoms with Gasteiger partial charge in [-0.25, -0.2) is 8.42 Å². The van der Waals surface area contributed by atoms with Crippen molar-refractivity contribution in [2.45, 2.75) is 24.7 Å². The van der Waals surface area contributed by atoms with Gasteiger partial charge in [0.2, 0.25) is 6.39 Å². The first-order valence-electron chi connectivity index (χ1n) is 6.01. The lowest BCUT2D eigenvalue weighted by Crippen LogP contribution is -2.12. The van der Waals surface area contributed by atoms with Crippen LogP contribution in [0.25, 0.3) is 0 Å². The zero-order valence-electron chi connectivity index (χ0n) is 10.9. The highest BCUT2D eigenvalue weighted by Crippen LogP contribution is 2.32. The molecule has 110 valence electrons. The number of anilines is 2. The summed E-state index contributed by atoms with van der Waals surface area (Å²) in [5.74, 6) is 0.647. The summed E-state index contributed by atoms with van der Waals surface area (Å²) in [6.45, 7) is 2.27. The monoisotopic (exact) mass is 317 g/mol. The summed E-state index contributed by atoms with van der Waals surface area (Å²) in [7, 11) is -3.40. The molecule has 2 heterocycles. The van der Waals surface area contributed by atoms with Gasteiger partial charge in [0.25, 0.3) is 0 Å². The standard InChI is InChI=1S/C10H15N5O3S2/c1-2-5-20(16,17)8-9(11)15-19-10(8)12-4-3-7-13-6-18-14-7/h6,12H,2-5H2,1H3,(H2,11,15). The minimum atomic E-state index is -3.40. The number of hydrogen-bond acceptors (Lipinski definition) is 9. The molecular weight excluding hydrogens is 302 g/mol. The van der Waals surface area contributed by atoms with E-state index in [1.165, 1.54) is 6.39 Å². The Hall–Kier alpha value is -1.68. The van der Waals surface area contributed by atoms with E-state index in [9.17, 15) is 8.42 Å². The highest BCUT2D eigenvalue weighted by molar-refractivity contribution is 7.91. The van der Waals surface area contributed by atoms with E-state index >= 15 is 0 Å². The predicted octanol–water partition coefficient (Wildman–Crippen LogP) is 0.947. The molecule has 20 heavy (non-hydrogen) atoms. The molecule has 2 rings (SSSR count). The molecule has 0 radical (unpaired) electrons. The molecule has 0 aliphatic carbocycles. The van der Waals surface area contributed by atoms with Crippen LogP contribution in [-0.4, -0.2) is 35.2 Å². The molecule has 0 aromatic carbocycles. The van der Waals surface area contributed by atoms with Gasteiger partial charge < -0.3 is 15.6 Å². The lowest BCUT2D eigenvalue weighted by Gasteiger charge is -2.06. The molecule has 0 aliphatic rings. The van der Waals surface area contributed by atoms with Crippen LogP contribution in [0.5, 0.6) is 0 Å². The van der Waals surface area contributed by atoms with Crippen LogP contribution in [0.2, 0.25) is 0 Å². The molecule has 0 aliphatic heterocycles. The summed E-state index contributed by atoms with van der Waals surface area (Å²) in [5, 5.41) is 7.14. The van der Waals surface area contributed by atoms with Crippen molar-refractivity contribution in [3.63, 3.8) is 0 Å². The molecule has 10 heteroatoms. The number of sulfone groups is 1. The van der Waals surface area contributed by atoms with E-state index in [1.54, 1.807) is 6.92 Å². The molecule has 0 saturated heterocycles. The zero-order chi connectivity index (χ0) is 14.6. The molecule has 0 saturated carbocycles. The minimum Gasteiger partial charge on any atom is -0.382 e. The van der Waals surface area contributed by atoms with Crippen LogP contribution in [0.3, 0.4) is 0 Å². The van der Waals surface area contributed by atoms with Gasteiger partial charge in [-0.15, -0.1) is 0 Å². The fourth-order valence-electron chi connectivity index (χ4n) is 1.67. The van der Waals surface area contributed by atoms with Gasteiger partial charge in [-0.2, -0.15) is 9.36 Å². The molecule has 0 spiro atoms. The van der Waals surface area contributed by atoms with Gasteiger partial charge in [-0.05, 0) is 18.0 Å². The van der Waals surface area contributed by atoms with Crippen molar-refractivity contribution in [1.29, 1.82) is 0 Å². The van der Waals surface area contributed by atoms with Crippen molar-refractivity contribution in [1.82, 2.24) is 14.5 Å². The Morgan fingerprint density at radius 1 is 1.50 bits per heavy atom. The smallest absolute Gasteiger partial charge is 0.213 e. The summed E-state index contributed by atoms with van der Waals surface area (Å²) in [5.41, 5.74) is 5.66. The number of nitrogens with two attached hydrogens (primary N) is 1. The van der Waals surface area contributed by atoms with Gasteiger partial charge in [-0.3, -0.25) is 0 Å². The topological polar surface area (TPSA) is 124 Å². The van der Waals surface area contributed by atoms with E-state index < -0.39 is 9.84 Å². The van der Waals surface area contributed by atoms with E-state index in [4.69, 9.17) is 5.73 Å². The van der Waals surface area contributed by atoms with Crippen LogP contribution >= 0.6 is 11.5 Å². The van der Waals surface area contributed by atoms with E-state index in [1.807, 2.05) is 0 Å². The van der Waals surface area contributed by atoms with Crippen molar-refractivity contribution in [2.24, 2.45) is 0 Å². The maximum absolute atomic E-state index is 12.1. The van der Waals surface area contributed by atoms with E-state index in [2.05, 4.69) is 24.4 Å². The van der Waals surface area contributed by atoms with Gasteiger partial charge in [0.05, 0.1) is 5.75 Å². The van der Waals surface area contributed by atoms with Crippen LogP contribution < -0.4 is 11.1 Å². The Bertz CT molecular complexity index is 650. The molecule has 0 atom stereocenters. The summed E-state index contributed by atoms with van der Waals surface area (Å²) >= 11 is 1.04. The molecule has 8 nitrogen and oxygen atoms in total. The molecule has 0 amide bonds. The molecule has 2 aromatic rings. The van der Waals surface area contributed by atoms with Crippen molar-refractivity contribution >= 4 is 32.2 Å². The average molecular weight is 317 g/mol. The minimum absolute atomic E-state index is 0.0468. The molecule has 0 unspecified atom stereocenters. The number of nitrogen functional groups attached to an aromatic ring is 1. The molecule has 3 N–H and O–H groups in total. The maximum atomic E-state index is 12.1. The molecule has 2 aromatic heterocycles. The lowest BCUT2D eigenvalue weighted by atomic mass is 10.4. The summed E-state index contributed by atoms with van der Waals surface area (Å²) in [6, 6.07) is 0. The summed E-state index contributed by atoms with van der Waals surface area (Å²) in [6.07, 6.45) is 2.29. The number of aromatic nitrogens is 3. The largest absolute Gasteiger partial charge is 0.382 e. The second-order valence-electron chi connectivity index (χ2n) is 4.07. The molecule has 0 bridgehead atoms. The predicted molar refractivity (Wildman–Crippen MR) is 75.4 cm³/mol. The quantitative estimate of drug-likeness (QED) is 0.773. The Labute approximate surface area is 120 Å². The van der Waals surface area contributed by atoms with Crippen molar-refractivity contribution in [3.8, 4) is 0 Å². The molecule has 0 fully saturated rings. The Morgan fingerprint density at radius 2 is 2.30 bits per heavy atom. The van der Waals surface area contributed by atoms with Crippen LogP contribution in [0.15, 0.2) is 15.8 Å². The van der Waals surface area contributed by atoms with Crippen molar-refractivity contribution in [3.05, 3.63) is 12.2 Å². The van der Waals surface area contributed by atoms with Gasteiger partial charge in [-0.1, -0.05) is 12.1 Å². The third-order valence-corrected chi connectivity index (χ3v) is 5.43. The number of nitrogens with zero attached hydrogens (tertiary/aromatic N) is 3. The third kappa shape index (κ3) is 3.25. The number of rotatable bonds is 7. The van der Waals surface area contributed by atoms with Crippen LogP contribution in [0, 0.1) is 0 Å². The van der Waals surface area contributed by atoms with E-state index in [0.29, 0.717) is 30.2 Å². The Kier molecular flexibility index (Phi) is 4.55. The van der Waals surface area contributed by atoms with Gasteiger partial charge in [0.1, 0.15) is 9.90 Å². The first-order chi connectivity index (χ1) is 9.54. The summed E-state index contributed by atoms with van der Waals surface area (Å²) in [4.78, 5) is 3.98. The van der Waals surface area contributed by atoms with Gasteiger partial charge in [0.15, 0.2) is 21.5 Å². The first-order valence-corrected chi connectivity index (χ1v) is 8.44. The van der Waals surface area contributed by atoms with Crippen molar-refractivity contribution < 1.29 is 12.9 Å². The van der Waals surface area contributed by atoms with E-state index in [0.717, 1.165) is 11.5 Å². The van der Waals surface area contributed by atoms with Gasteiger partial charge >= 0.3 is 0 Å². The summed E-state index contributed by atoms with van der Waals surface area (Å²) < 4.78 is 32.8. The number of nitrogens with one attached hydrogen (secondary N) is 1. The normalized spacial score (nSPS) is 11.7. The fourth-order valence-corrected chi connectivity index (χ4v) is 4.31. The SMILES string of the molecule is CCCS(=O)(=O)c1c(N)nsc1NCCc1ncon1. The van der Waals surface area contributed by atoms with Crippen LogP contribution in [0.1, 0.15) is 19.2 Å². The highest BCUT2D eigenvalue weighted by Gasteiger charge is 2.24. The van der Waals surface area contributed by atoms with Crippen LogP contribution in [-0.2, 0) is 16.3 Å². The molecular formula is C10H15N5O3S2. The van der Waals surface area contributed by atoms with E-state index in [-0.39, 0.29) is 16.5 Å². The van der Waals surface area contributed by atoms with Crippen molar-refractivity contribution in [2.75, 3.05) is 23.3 Å². The van der Waals surface area contributed by atoms with Crippen LogP contribution in [0.4, 0.5) is 10.8 Å². The third-order valence-electron chi connectivity index (χ3n) is 2.50. The Morgan fingerprint density at radius 3 is 2.95 bits per heavy atom. The Balaban J connectivity index is 2.09. The first kappa shape index (κ1) is 14.7. The lowest BCUT2D eigenvalue weighted by molar-refractivity contribution is 0.410. The second kappa shape index (κ2) is 6.18. The maximum Gasteiger partial charge on any atom is 0.213 e. The number of hydrogen-bond donors (Lipinski definition) is 2.